The fourth-order valence-corrected chi connectivity index (χ4v) is 3.03. The van der Waals surface area contributed by atoms with Crippen LogP contribution in [0.15, 0.2) is 37.1 Å². The molecule has 0 fully saturated rings. The van der Waals surface area contributed by atoms with Crippen LogP contribution < -0.4 is 4.74 Å². The summed E-state index contributed by atoms with van der Waals surface area (Å²) in [5.41, 5.74) is 2.08. The van der Waals surface area contributed by atoms with Gasteiger partial charge in [0.05, 0.1) is 29.9 Å². The van der Waals surface area contributed by atoms with Gasteiger partial charge in [-0.25, -0.2) is 14.6 Å². The molecular formula is C15H12F3N5O. The maximum absolute atomic E-state index is 12.5. The molecule has 1 aromatic carbocycles. The average Bonchev–Trinajstić information content (AvgIpc) is 3.15. The van der Waals surface area contributed by atoms with Crippen LogP contribution in [-0.2, 0) is 0 Å². The molecule has 9 heteroatoms. The van der Waals surface area contributed by atoms with E-state index in [1.54, 1.807) is 23.3 Å². The normalized spacial score (nSPS) is 16.1. The molecule has 1 unspecified atom stereocenters. The van der Waals surface area contributed by atoms with Crippen LogP contribution >= 0.6 is 0 Å². The summed E-state index contributed by atoms with van der Waals surface area (Å²) in [6.07, 6.45) is 0.744. The van der Waals surface area contributed by atoms with Gasteiger partial charge in [-0.1, -0.05) is 6.92 Å². The quantitative estimate of drug-likeness (QED) is 0.721. The highest BCUT2D eigenvalue weighted by Gasteiger charge is 2.33. The third-order valence-electron chi connectivity index (χ3n) is 3.97. The summed E-state index contributed by atoms with van der Waals surface area (Å²) < 4.78 is 45.2. The van der Waals surface area contributed by atoms with Crippen LogP contribution in [-0.4, -0.2) is 30.7 Å². The Morgan fingerprint density at radius 2 is 2.12 bits per heavy atom. The van der Waals surface area contributed by atoms with E-state index < -0.39 is 6.36 Å². The van der Waals surface area contributed by atoms with Crippen LogP contribution in [0.3, 0.4) is 0 Å². The molecule has 6 nitrogen and oxygen atoms in total. The minimum atomic E-state index is -4.75. The highest BCUT2D eigenvalue weighted by atomic mass is 19.4. The SMILES string of the molecule is CCC1c2cncn2-c2ccc(OC(F)(F)F)cc2-c2ncnn21. The smallest absolute Gasteiger partial charge is 0.406 e. The van der Waals surface area contributed by atoms with Gasteiger partial charge in [0.25, 0.3) is 0 Å². The molecule has 1 aliphatic heterocycles. The van der Waals surface area contributed by atoms with E-state index >= 15 is 0 Å². The van der Waals surface area contributed by atoms with Gasteiger partial charge in [0, 0.05) is 5.56 Å². The van der Waals surface area contributed by atoms with Gasteiger partial charge in [0.15, 0.2) is 5.82 Å². The van der Waals surface area contributed by atoms with E-state index in [4.69, 9.17) is 0 Å². The molecule has 4 rings (SSSR count). The molecule has 3 heterocycles. The van der Waals surface area contributed by atoms with Gasteiger partial charge in [-0.15, -0.1) is 13.2 Å². The minimum Gasteiger partial charge on any atom is -0.406 e. The van der Waals surface area contributed by atoms with Crippen molar-refractivity contribution in [2.45, 2.75) is 25.7 Å². The molecule has 0 amide bonds. The Balaban J connectivity index is 1.95. The standard InChI is InChI=1S/C15H12F3N5O/c1-2-11-13-6-19-8-22(13)12-4-3-9(24-15(16,17)18)5-10(12)14-20-7-21-23(11)14/h3-8,11H,2H2,1H3. The Morgan fingerprint density at radius 3 is 2.88 bits per heavy atom. The zero-order valence-electron chi connectivity index (χ0n) is 12.5. The first-order valence-electron chi connectivity index (χ1n) is 7.30. The maximum atomic E-state index is 12.5. The fraction of sp³-hybridized carbons (Fsp3) is 0.267. The van der Waals surface area contributed by atoms with Crippen LogP contribution in [0.4, 0.5) is 13.2 Å². The van der Waals surface area contributed by atoms with Crippen molar-refractivity contribution in [2.24, 2.45) is 0 Å². The number of fused-ring (bicyclic) bond motifs is 5. The van der Waals surface area contributed by atoms with Gasteiger partial charge in [0.2, 0.25) is 0 Å². The topological polar surface area (TPSA) is 57.8 Å². The van der Waals surface area contributed by atoms with Gasteiger partial charge in [-0.05, 0) is 24.6 Å². The first kappa shape index (κ1) is 14.7. The lowest BCUT2D eigenvalue weighted by molar-refractivity contribution is -0.274. The summed E-state index contributed by atoms with van der Waals surface area (Å²) in [6.45, 7) is 2.00. The van der Waals surface area contributed by atoms with E-state index in [1.807, 2.05) is 11.5 Å². The molecule has 1 atom stereocenters. The monoisotopic (exact) mass is 335 g/mol. The Bertz CT molecular complexity index is 899. The lowest BCUT2D eigenvalue weighted by Crippen LogP contribution is -2.17. The predicted octanol–water partition coefficient (Wildman–Crippen LogP) is 3.34. The molecule has 0 spiro atoms. The summed E-state index contributed by atoms with van der Waals surface area (Å²) >= 11 is 0. The lowest BCUT2D eigenvalue weighted by Gasteiger charge is -2.15. The van der Waals surface area contributed by atoms with E-state index in [2.05, 4.69) is 19.8 Å². The van der Waals surface area contributed by atoms with Crippen molar-refractivity contribution in [3.05, 3.63) is 42.7 Å². The zero-order valence-corrected chi connectivity index (χ0v) is 12.5. The maximum Gasteiger partial charge on any atom is 0.573 e. The van der Waals surface area contributed by atoms with Crippen molar-refractivity contribution in [3.8, 4) is 22.8 Å². The second-order valence-corrected chi connectivity index (χ2v) is 5.37. The minimum absolute atomic E-state index is 0.107. The van der Waals surface area contributed by atoms with Crippen LogP contribution in [0.5, 0.6) is 5.75 Å². The number of hydrogen-bond acceptors (Lipinski definition) is 4. The highest BCUT2D eigenvalue weighted by Crippen LogP contribution is 2.38. The molecule has 1 aliphatic rings. The van der Waals surface area contributed by atoms with E-state index in [-0.39, 0.29) is 11.8 Å². The molecule has 0 aliphatic carbocycles. The summed E-state index contributed by atoms with van der Waals surface area (Å²) in [5, 5.41) is 4.25. The Kier molecular flexibility index (Phi) is 3.12. The molecule has 2 aromatic heterocycles. The summed E-state index contributed by atoms with van der Waals surface area (Å²) in [5.74, 6) is 0.195. The van der Waals surface area contributed by atoms with Crippen molar-refractivity contribution >= 4 is 0 Å². The predicted molar refractivity (Wildman–Crippen MR) is 77.7 cm³/mol. The number of alkyl halides is 3. The highest BCUT2D eigenvalue weighted by molar-refractivity contribution is 5.71. The van der Waals surface area contributed by atoms with Crippen LogP contribution in [0.2, 0.25) is 0 Å². The first-order chi connectivity index (χ1) is 11.5. The fourth-order valence-electron chi connectivity index (χ4n) is 3.03. The largest absolute Gasteiger partial charge is 0.573 e. The number of imidazole rings is 1. The van der Waals surface area contributed by atoms with E-state index in [1.165, 1.54) is 18.5 Å². The third kappa shape index (κ3) is 2.24. The van der Waals surface area contributed by atoms with Crippen molar-refractivity contribution in [1.82, 2.24) is 24.3 Å². The molecule has 0 saturated heterocycles. The molecule has 0 radical (unpaired) electrons. The summed E-state index contributed by atoms with van der Waals surface area (Å²) in [4.78, 5) is 8.41. The lowest BCUT2D eigenvalue weighted by atomic mass is 10.1. The number of rotatable bonds is 2. The number of halogens is 3. The molecule has 3 aromatic rings. The van der Waals surface area contributed by atoms with Crippen LogP contribution in [0, 0.1) is 0 Å². The van der Waals surface area contributed by atoms with Gasteiger partial charge in [0.1, 0.15) is 12.1 Å². The van der Waals surface area contributed by atoms with Gasteiger partial charge in [-0.3, -0.25) is 0 Å². The Morgan fingerprint density at radius 1 is 1.29 bits per heavy atom. The van der Waals surface area contributed by atoms with Crippen molar-refractivity contribution in [3.63, 3.8) is 0 Å². The van der Waals surface area contributed by atoms with E-state index in [9.17, 15) is 13.2 Å². The van der Waals surface area contributed by atoms with Gasteiger partial charge >= 0.3 is 6.36 Å². The second kappa shape index (κ2) is 5.08. The van der Waals surface area contributed by atoms with E-state index in [0.29, 0.717) is 17.1 Å². The molecule has 0 bridgehead atoms. The van der Waals surface area contributed by atoms with Crippen molar-refractivity contribution < 1.29 is 17.9 Å². The number of aromatic nitrogens is 5. The zero-order chi connectivity index (χ0) is 16.9. The average molecular weight is 335 g/mol. The van der Waals surface area contributed by atoms with Crippen molar-refractivity contribution in [2.75, 3.05) is 0 Å². The van der Waals surface area contributed by atoms with Gasteiger partial charge in [-0.2, -0.15) is 5.10 Å². The number of hydrogen-bond donors (Lipinski definition) is 0. The number of benzene rings is 1. The van der Waals surface area contributed by atoms with Crippen molar-refractivity contribution in [1.29, 1.82) is 0 Å². The molecule has 124 valence electrons. The first-order valence-corrected chi connectivity index (χ1v) is 7.30. The molecule has 0 N–H and O–H groups in total. The Hall–Kier alpha value is -2.84. The summed E-state index contributed by atoms with van der Waals surface area (Å²) in [6, 6.07) is 4.07. The third-order valence-corrected chi connectivity index (χ3v) is 3.97. The summed E-state index contributed by atoms with van der Waals surface area (Å²) in [7, 11) is 0. The molecular weight excluding hydrogens is 323 g/mol. The van der Waals surface area contributed by atoms with Crippen LogP contribution in [0.25, 0.3) is 17.1 Å². The number of ether oxygens (including phenoxy) is 1. The van der Waals surface area contributed by atoms with E-state index in [0.717, 1.165) is 12.1 Å². The number of nitrogens with zero attached hydrogens (tertiary/aromatic N) is 5. The van der Waals surface area contributed by atoms with Crippen LogP contribution in [0.1, 0.15) is 25.1 Å². The Labute approximate surface area is 134 Å². The molecule has 0 saturated carbocycles. The molecule has 24 heavy (non-hydrogen) atoms. The second-order valence-electron chi connectivity index (χ2n) is 5.37. The van der Waals surface area contributed by atoms with Gasteiger partial charge < -0.3 is 9.30 Å².